The molecule has 0 N–H and O–H groups in total. The van der Waals surface area contributed by atoms with E-state index >= 15 is 0 Å². The summed E-state index contributed by atoms with van der Waals surface area (Å²) in [5, 5.41) is 20.2. The fourth-order valence-corrected chi connectivity index (χ4v) is 3.03. The summed E-state index contributed by atoms with van der Waals surface area (Å²) in [4.78, 5) is 12.7. The molecular weight excluding hydrogens is 266 g/mol. The Labute approximate surface area is 125 Å². The van der Waals surface area contributed by atoms with Gasteiger partial charge in [0.2, 0.25) is 0 Å². The third-order valence-corrected chi connectivity index (χ3v) is 3.95. The minimum atomic E-state index is -0.451. The molecule has 0 radical (unpaired) electrons. The number of nitro benzene ring substituents is 1. The summed E-state index contributed by atoms with van der Waals surface area (Å²) in [5.41, 5.74) is 1.21. The van der Waals surface area contributed by atoms with Gasteiger partial charge in [-0.25, -0.2) is 0 Å². The first-order valence-electron chi connectivity index (χ1n) is 7.48. The minimum absolute atomic E-state index is 0.0220. The summed E-state index contributed by atoms with van der Waals surface area (Å²) in [7, 11) is 0. The van der Waals surface area contributed by atoms with Gasteiger partial charge in [-0.3, -0.25) is 10.1 Å². The van der Waals surface area contributed by atoms with Crippen molar-refractivity contribution >= 4 is 11.4 Å². The van der Waals surface area contributed by atoms with Gasteiger partial charge in [0.15, 0.2) is 0 Å². The van der Waals surface area contributed by atoms with E-state index in [9.17, 15) is 15.4 Å². The lowest BCUT2D eigenvalue weighted by Gasteiger charge is -2.33. The lowest BCUT2D eigenvalue weighted by molar-refractivity contribution is -0.384. The van der Waals surface area contributed by atoms with E-state index < -0.39 is 4.92 Å². The largest absolute Gasteiger partial charge is 0.367 e. The molecule has 21 heavy (non-hydrogen) atoms. The predicted molar refractivity (Wildman–Crippen MR) is 82.3 cm³/mol. The molecule has 0 bridgehead atoms. The lowest BCUT2D eigenvalue weighted by atomic mass is 10.1. The summed E-state index contributed by atoms with van der Waals surface area (Å²) in [5.74, 6) is 0.479. The Morgan fingerprint density at radius 1 is 1.43 bits per heavy atom. The number of nitro groups is 1. The van der Waals surface area contributed by atoms with E-state index in [1.54, 1.807) is 6.07 Å². The quantitative estimate of drug-likeness (QED) is 0.609. The number of hydrogen-bond donors (Lipinski definition) is 0. The maximum absolute atomic E-state index is 10.9. The fourth-order valence-electron chi connectivity index (χ4n) is 3.03. The molecule has 112 valence electrons. The summed E-state index contributed by atoms with van der Waals surface area (Å²) in [6.07, 6.45) is 4.70. The summed E-state index contributed by atoms with van der Waals surface area (Å²) in [6.45, 7) is 5.18. The minimum Gasteiger partial charge on any atom is -0.367 e. The standard InChI is InChI=1S/C16H21N3O2/c1-12(2)11-18(14-5-3-4-6-14)16-8-7-15(19(20)21)9-13(16)10-17/h7-9,12,14H,3-6,11H2,1-2H3. The number of anilines is 1. The van der Waals surface area contributed by atoms with E-state index in [2.05, 4.69) is 24.8 Å². The van der Waals surface area contributed by atoms with Crippen LogP contribution in [0, 0.1) is 27.4 Å². The second kappa shape index (κ2) is 6.57. The van der Waals surface area contributed by atoms with E-state index in [1.165, 1.54) is 25.0 Å². The summed E-state index contributed by atoms with van der Waals surface area (Å²) >= 11 is 0. The van der Waals surface area contributed by atoms with E-state index in [-0.39, 0.29) is 5.69 Å². The van der Waals surface area contributed by atoms with E-state index in [1.807, 2.05) is 0 Å². The Morgan fingerprint density at radius 2 is 2.10 bits per heavy atom. The van der Waals surface area contributed by atoms with Crippen molar-refractivity contribution in [1.82, 2.24) is 0 Å². The molecule has 5 nitrogen and oxygen atoms in total. The number of rotatable bonds is 5. The zero-order valence-corrected chi connectivity index (χ0v) is 12.6. The van der Waals surface area contributed by atoms with Crippen molar-refractivity contribution in [2.45, 2.75) is 45.6 Å². The van der Waals surface area contributed by atoms with Gasteiger partial charge in [-0.05, 0) is 24.8 Å². The van der Waals surface area contributed by atoms with Crippen LogP contribution in [0.5, 0.6) is 0 Å². The van der Waals surface area contributed by atoms with Gasteiger partial charge < -0.3 is 4.90 Å². The number of non-ortho nitro benzene ring substituents is 1. The number of nitrogens with zero attached hydrogens (tertiary/aromatic N) is 3. The molecule has 5 heteroatoms. The van der Waals surface area contributed by atoms with Crippen LogP contribution in [0.1, 0.15) is 45.1 Å². The molecule has 0 atom stereocenters. The molecule has 1 fully saturated rings. The van der Waals surface area contributed by atoms with Gasteiger partial charge in [0.25, 0.3) is 5.69 Å². The first kappa shape index (κ1) is 15.3. The molecule has 1 saturated carbocycles. The first-order chi connectivity index (χ1) is 10.0. The van der Waals surface area contributed by atoms with Gasteiger partial charge in [-0.1, -0.05) is 26.7 Å². The van der Waals surface area contributed by atoms with E-state index in [0.717, 1.165) is 25.1 Å². The predicted octanol–water partition coefficient (Wildman–Crippen LogP) is 3.87. The zero-order chi connectivity index (χ0) is 15.4. The topological polar surface area (TPSA) is 70.2 Å². The molecule has 1 aliphatic rings. The van der Waals surface area contributed by atoms with Crippen LogP contribution in [0.25, 0.3) is 0 Å². The smallest absolute Gasteiger partial charge is 0.270 e. The molecule has 0 saturated heterocycles. The van der Waals surface area contributed by atoms with Crippen LogP contribution in [0.3, 0.4) is 0 Å². The van der Waals surface area contributed by atoms with Crippen molar-refractivity contribution in [3.63, 3.8) is 0 Å². The van der Waals surface area contributed by atoms with Crippen molar-refractivity contribution in [2.24, 2.45) is 5.92 Å². The van der Waals surface area contributed by atoms with Crippen molar-refractivity contribution in [3.8, 4) is 6.07 Å². The lowest BCUT2D eigenvalue weighted by Crippen LogP contribution is -2.36. The number of hydrogen-bond acceptors (Lipinski definition) is 4. The third-order valence-electron chi connectivity index (χ3n) is 3.95. The number of benzene rings is 1. The average Bonchev–Trinajstić information content (AvgIpc) is 2.97. The molecule has 0 aliphatic heterocycles. The maximum Gasteiger partial charge on any atom is 0.270 e. The van der Waals surface area contributed by atoms with Crippen LogP contribution < -0.4 is 4.90 Å². The highest BCUT2D eigenvalue weighted by molar-refractivity contribution is 5.63. The highest BCUT2D eigenvalue weighted by Gasteiger charge is 2.26. The van der Waals surface area contributed by atoms with Crippen molar-refractivity contribution in [2.75, 3.05) is 11.4 Å². The Balaban J connectivity index is 2.39. The highest BCUT2D eigenvalue weighted by atomic mass is 16.6. The van der Waals surface area contributed by atoms with Crippen LogP contribution in [0.15, 0.2) is 18.2 Å². The van der Waals surface area contributed by atoms with Crippen LogP contribution in [0.4, 0.5) is 11.4 Å². The van der Waals surface area contributed by atoms with Crippen molar-refractivity contribution in [3.05, 3.63) is 33.9 Å². The molecule has 0 spiro atoms. The van der Waals surface area contributed by atoms with E-state index in [0.29, 0.717) is 17.5 Å². The third kappa shape index (κ3) is 3.52. The molecule has 0 unspecified atom stereocenters. The van der Waals surface area contributed by atoms with Crippen molar-refractivity contribution < 1.29 is 4.92 Å². The molecule has 1 aromatic rings. The van der Waals surface area contributed by atoms with Gasteiger partial charge in [0.05, 0.1) is 16.2 Å². The van der Waals surface area contributed by atoms with E-state index in [4.69, 9.17) is 0 Å². The molecule has 0 aromatic heterocycles. The van der Waals surface area contributed by atoms with Gasteiger partial charge in [0, 0.05) is 24.7 Å². The monoisotopic (exact) mass is 287 g/mol. The Morgan fingerprint density at radius 3 is 2.62 bits per heavy atom. The van der Waals surface area contributed by atoms with Gasteiger partial charge in [-0.15, -0.1) is 0 Å². The Kier molecular flexibility index (Phi) is 4.79. The molecule has 0 heterocycles. The highest BCUT2D eigenvalue weighted by Crippen LogP contribution is 2.32. The van der Waals surface area contributed by atoms with Crippen LogP contribution in [0.2, 0.25) is 0 Å². The van der Waals surface area contributed by atoms with Crippen LogP contribution in [-0.4, -0.2) is 17.5 Å². The van der Waals surface area contributed by atoms with Crippen molar-refractivity contribution in [1.29, 1.82) is 5.26 Å². The Bertz CT molecular complexity index is 557. The maximum atomic E-state index is 10.9. The van der Waals surface area contributed by atoms with Gasteiger partial charge >= 0.3 is 0 Å². The fraction of sp³-hybridized carbons (Fsp3) is 0.562. The van der Waals surface area contributed by atoms with Crippen LogP contribution >= 0.6 is 0 Å². The first-order valence-corrected chi connectivity index (χ1v) is 7.48. The SMILES string of the molecule is CC(C)CN(c1ccc([N+](=O)[O-])cc1C#N)C1CCCC1. The van der Waals surface area contributed by atoms with Gasteiger partial charge in [0.1, 0.15) is 6.07 Å². The zero-order valence-electron chi connectivity index (χ0n) is 12.6. The molecule has 1 aliphatic carbocycles. The average molecular weight is 287 g/mol. The second-order valence-electron chi connectivity index (χ2n) is 6.05. The van der Waals surface area contributed by atoms with Gasteiger partial charge in [-0.2, -0.15) is 5.26 Å². The molecular formula is C16H21N3O2. The Hall–Kier alpha value is -2.09. The molecule has 1 aromatic carbocycles. The summed E-state index contributed by atoms with van der Waals surface area (Å²) < 4.78 is 0. The van der Waals surface area contributed by atoms with Crippen LogP contribution in [-0.2, 0) is 0 Å². The summed E-state index contributed by atoms with van der Waals surface area (Å²) in [6, 6.07) is 7.19. The molecule has 0 amide bonds. The molecule has 2 rings (SSSR count). The number of nitriles is 1. The second-order valence-corrected chi connectivity index (χ2v) is 6.05. The normalized spacial score (nSPS) is 15.1.